The number of carbonyl (C=O) groups is 1. The monoisotopic (exact) mass is 310 g/mol. The van der Waals surface area contributed by atoms with Crippen LogP contribution in [-0.4, -0.2) is 21.4 Å². The lowest BCUT2D eigenvalue weighted by Gasteiger charge is -2.38. The van der Waals surface area contributed by atoms with Gasteiger partial charge in [0.15, 0.2) is 0 Å². The summed E-state index contributed by atoms with van der Waals surface area (Å²) in [6.07, 6.45) is 9.81. The number of esters is 1. The van der Waals surface area contributed by atoms with Crippen LogP contribution in [-0.2, 0) is 14.0 Å². The summed E-state index contributed by atoms with van der Waals surface area (Å²) < 4.78 is 10.9. The highest BCUT2D eigenvalue weighted by molar-refractivity contribution is 6.74. The van der Waals surface area contributed by atoms with Crippen LogP contribution in [0.2, 0.25) is 18.1 Å². The Morgan fingerprint density at radius 2 is 2.10 bits per heavy atom. The molecule has 0 amide bonds. The van der Waals surface area contributed by atoms with Gasteiger partial charge in [0.1, 0.15) is 0 Å². The first-order valence-electron chi connectivity index (χ1n) is 7.78. The number of methoxy groups -OCH3 is 1. The molecule has 0 saturated heterocycles. The smallest absolute Gasteiger partial charge is 0.330 e. The highest BCUT2D eigenvalue weighted by atomic mass is 28.4. The Labute approximate surface area is 130 Å². The normalized spacial score (nSPS) is 20.3. The molecule has 0 bridgehead atoms. The summed E-state index contributed by atoms with van der Waals surface area (Å²) in [5.74, 6) is 1.51. The van der Waals surface area contributed by atoms with E-state index in [2.05, 4.69) is 44.7 Å². The average Bonchev–Trinajstić information content (AvgIpc) is 2.39. The van der Waals surface area contributed by atoms with Crippen LogP contribution in [0.25, 0.3) is 0 Å². The van der Waals surface area contributed by atoms with Gasteiger partial charge in [0.25, 0.3) is 0 Å². The molecule has 3 nitrogen and oxygen atoms in total. The van der Waals surface area contributed by atoms with Crippen molar-refractivity contribution in [2.45, 2.75) is 64.6 Å². The Balaban J connectivity index is 2.48. The molecule has 0 spiro atoms. The molecule has 4 heteroatoms. The van der Waals surface area contributed by atoms with Crippen LogP contribution >= 0.6 is 0 Å². The van der Waals surface area contributed by atoms with E-state index in [1.54, 1.807) is 0 Å². The van der Waals surface area contributed by atoms with E-state index in [1.807, 2.05) is 6.08 Å². The van der Waals surface area contributed by atoms with Crippen LogP contribution in [0, 0.1) is 5.92 Å². The van der Waals surface area contributed by atoms with Crippen molar-refractivity contribution in [3.05, 3.63) is 24.0 Å². The van der Waals surface area contributed by atoms with E-state index >= 15 is 0 Å². The van der Waals surface area contributed by atoms with Crippen LogP contribution in [0.3, 0.4) is 0 Å². The molecule has 1 aliphatic carbocycles. The Morgan fingerprint density at radius 1 is 1.43 bits per heavy atom. The van der Waals surface area contributed by atoms with Gasteiger partial charge in [0, 0.05) is 12.5 Å². The lowest BCUT2D eigenvalue weighted by Crippen LogP contribution is -2.40. The molecule has 1 atom stereocenters. The van der Waals surface area contributed by atoms with E-state index < -0.39 is 8.32 Å². The van der Waals surface area contributed by atoms with Crippen molar-refractivity contribution in [3.63, 3.8) is 0 Å². The standard InChI is InChI=1S/C17H30O3Si/c1-17(2,3)21(5,6)20-15-12-10-14(11-13-15)8-7-9-16(18)19-4/h7,9,12,14H,8,10-11,13H2,1-6H3/b9-7+/t14-/m0/s1. The number of ether oxygens (including phenoxy) is 1. The Morgan fingerprint density at radius 3 is 2.57 bits per heavy atom. The number of hydrogen-bond donors (Lipinski definition) is 0. The van der Waals surface area contributed by atoms with Crippen LogP contribution in [0.4, 0.5) is 0 Å². The van der Waals surface area contributed by atoms with E-state index in [-0.39, 0.29) is 11.0 Å². The second-order valence-corrected chi connectivity index (χ2v) is 12.1. The molecule has 120 valence electrons. The highest BCUT2D eigenvalue weighted by Crippen LogP contribution is 2.39. The first-order valence-corrected chi connectivity index (χ1v) is 10.7. The third kappa shape index (κ3) is 5.69. The second kappa shape index (κ2) is 7.30. The largest absolute Gasteiger partial charge is 0.547 e. The third-order valence-electron chi connectivity index (χ3n) is 4.59. The van der Waals surface area contributed by atoms with Crippen molar-refractivity contribution in [2.24, 2.45) is 5.92 Å². The first-order chi connectivity index (χ1) is 9.65. The minimum absolute atomic E-state index is 0.244. The SMILES string of the molecule is COC(=O)/C=C/C[C@H]1CC=C(O[Si](C)(C)C(C)(C)C)CC1. The van der Waals surface area contributed by atoms with Crippen molar-refractivity contribution in [1.82, 2.24) is 0 Å². The Hall–Kier alpha value is -1.03. The number of carbonyl (C=O) groups excluding carboxylic acids is 1. The summed E-state index contributed by atoms with van der Waals surface area (Å²) >= 11 is 0. The molecule has 0 N–H and O–H groups in total. The van der Waals surface area contributed by atoms with Crippen LogP contribution in [0.15, 0.2) is 24.0 Å². The molecule has 0 fully saturated rings. The summed E-state index contributed by atoms with van der Waals surface area (Å²) in [4.78, 5) is 11.0. The molecule has 0 radical (unpaired) electrons. The molecule has 0 saturated carbocycles. The summed E-state index contributed by atoms with van der Waals surface area (Å²) in [5, 5.41) is 0.244. The minimum Gasteiger partial charge on any atom is -0.547 e. The average molecular weight is 311 g/mol. The Kier molecular flexibility index (Phi) is 6.26. The molecule has 1 rings (SSSR count). The molecule has 0 aliphatic heterocycles. The van der Waals surface area contributed by atoms with E-state index in [1.165, 1.54) is 18.9 Å². The zero-order valence-corrected chi connectivity index (χ0v) is 15.4. The molecular weight excluding hydrogens is 280 g/mol. The highest BCUT2D eigenvalue weighted by Gasteiger charge is 2.39. The van der Waals surface area contributed by atoms with Gasteiger partial charge in [-0.2, -0.15) is 0 Å². The molecule has 0 unspecified atom stereocenters. The van der Waals surface area contributed by atoms with Gasteiger partial charge in [-0.3, -0.25) is 0 Å². The number of hydrogen-bond acceptors (Lipinski definition) is 3. The lowest BCUT2D eigenvalue weighted by atomic mass is 9.90. The van der Waals surface area contributed by atoms with E-state index in [9.17, 15) is 4.79 Å². The van der Waals surface area contributed by atoms with Gasteiger partial charge in [0.05, 0.1) is 12.9 Å². The molecule has 21 heavy (non-hydrogen) atoms. The molecule has 1 aliphatic rings. The van der Waals surface area contributed by atoms with E-state index in [4.69, 9.17) is 4.43 Å². The summed E-state index contributed by atoms with van der Waals surface area (Å²) in [6, 6.07) is 0. The first kappa shape index (κ1) is 18.0. The fraction of sp³-hybridized carbons (Fsp3) is 0.706. The third-order valence-corrected chi connectivity index (χ3v) is 8.98. The van der Waals surface area contributed by atoms with Gasteiger partial charge < -0.3 is 9.16 Å². The maximum atomic E-state index is 11.0. The summed E-state index contributed by atoms with van der Waals surface area (Å²) in [5.41, 5.74) is 0. The summed E-state index contributed by atoms with van der Waals surface area (Å²) in [7, 11) is -0.300. The van der Waals surface area contributed by atoms with Crippen LogP contribution < -0.4 is 0 Å². The lowest BCUT2D eigenvalue weighted by molar-refractivity contribution is -0.134. The topological polar surface area (TPSA) is 35.5 Å². The van der Waals surface area contributed by atoms with Crippen molar-refractivity contribution in [3.8, 4) is 0 Å². The zero-order valence-electron chi connectivity index (χ0n) is 14.4. The molecule has 0 heterocycles. The van der Waals surface area contributed by atoms with Gasteiger partial charge in [-0.15, -0.1) is 0 Å². The van der Waals surface area contributed by atoms with Crippen molar-refractivity contribution >= 4 is 14.3 Å². The van der Waals surface area contributed by atoms with Crippen molar-refractivity contribution in [2.75, 3.05) is 7.11 Å². The number of rotatable bonds is 5. The van der Waals surface area contributed by atoms with Gasteiger partial charge >= 0.3 is 5.97 Å². The van der Waals surface area contributed by atoms with Crippen molar-refractivity contribution in [1.29, 1.82) is 0 Å². The molecule has 0 aromatic rings. The van der Waals surface area contributed by atoms with Crippen molar-refractivity contribution < 1.29 is 14.0 Å². The minimum atomic E-state index is -1.70. The van der Waals surface area contributed by atoms with E-state index in [0.717, 1.165) is 25.7 Å². The van der Waals surface area contributed by atoms with Gasteiger partial charge in [0.2, 0.25) is 8.32 Å². The predicted molar refractivity (Wildman–Crippen MR) is 89.5 cm³/mol. The summed E-state index contributed by atoms with van der Waals surface area (Å²) in [6.45, 7) is 11.4. The van der Waals surface area contributed by atoms with Gasteiger partial charge in [-0.05, 0) is 49.4 Å². The van der Waals surface area contributed by atoms with Crippen LogP contribution in [0.1, 0.15) is 46.5 Å². The molecule has 0 aromatic heterocycles. The molecule has 0 aromatic carbocycles. The van der Waals surface area contributed by atoms with Crippen LogP contribution in [0.5, 0.6) is 0 Å². The van der Waals surface area contributed by atoms with E-state index in [0.29, 0.717) is 5.92 Å². The molecular formula is C17H30O3Si. The van der Waals surface area contributed by atoms with Gasteiger partial charge in [-0.25, -0.2) is 4.79 Å². The maximum Gasteiger partial charge on any atom is 0.330 e. The second-order valence-electron chi connectivity index (χ2n) is 7.33. The quantitative estimate of drug-likeness (QED) is 0.415. The maximum absolute atomic E-state index is 11.0. The fourth-order valence-corrected chi connectivity index (χ4v) is 3.22. The van der Waals surface area contributed by atoms with Gasteiger partial charge in [-0.1, -0.05) is 26.8 Å². The fourth-order valence-electron chi connectivity index (χ4n) is 2.08. The Bertz CT molecular complexity index is 416. The number of allylic oxidation sites excluding steroid dienone is 3. The predicted octanol–water partition coefficient (Wildman–Crippen LogP) is 4.81. The zero-order chi connectivity index (χ0) is 16.1.